The van der Waals surface area contributed by atoms with Crippen LogP contribution in [-0.4, -0.2) is 10.5 Å². The molecule has 0 saturated carbocycles. The van der Waals surface area contributed by atoms with E-state index in [0.717, 1.165) is 0 Å². The van der Waals surface area contributed by atoms with Crippen molar-refractivity contribution in [3.8, 4) is 0 Å². The van der Waals surface area contributed by atoms with Gasteiger partial charge in [0.2, 0.25) is 5.43 Å². The number of nitrogens with one attached hydrogen (secondary N) is 2. The number of para-hydroxylation sites is 2. The Hall–Kier alpha value is -3.15. The average molecular weight is 311 g/mol. The molecule has 0 aliphatic heterocycles. The number of pyridine rings is 1. The van der Waals surface area contributed by atoms with Gasteiger partial charge in [0.25, 0.3) is 5.91 Å². The SMILES string of the molecule is Cn1cc(C(=O)NNc2ccccc2)c(=O)c2cccc(F)c21. The lowest BCUT2D eigenvalue weighted by Gasteiger charge is -2.11. The van der Waals surface area contributed by atoms with E-state index in [2.05, 4.69) is 10.9 Å². The summed E-state index contributed by atoms with van der Waals surface area (Å²) in [6, 6.07) is 13.2. The molecule has 0 fully saturated rings. The Kier molecular flexibility index (Phi) is 3.80. The topological polar surface area (TPSA) is 63.1 Å². The van der Waals surface area contributed by atoms with Crippen LogP contribution in [0.3, 0.4) is 0 Å². The third-order valence-corrected chi connectivity index (χ3v) is 3.49. The molecule has 2 aromatic carbocycles. The number of hydrogen-bond donors (Lipinski definition) is 2. The van der Waals surface area contributed by atoms with E-state index in [9.17, 15) is 14.0 Å². The molecule has 1 heterocycles. The minimum absolute atomic E-state index is 0.0611. The highest BCUT2D eigenvalue weighted by Crippen LogP contribution is 2.14. The lowest BCUT2D eigenvalue weighted by molar-refractivity contribution is 0.0961. The van der Waals surface area contributed by atoms with Gasteiger partial charge in [-0.2, -0.15) is 0 Å². The predicted molar refractivity (Wildman–Crippen MR) is 86.7 cm³/mol. The van der Waals surface area contributed by atoms with Gasteiger partial charge in [0.15, 0.2) is 0 Å². The van der Waals surface area contributed by atoms with E-state index in [1.54, 1.807) is 19.2 Å². The molecule has 0 unspecified atom stereocenters. The summed E-state index contributed by atoms with van der Waals surface area (Å²) in [5.41, 5.74) is 5.48. The van der Waals surface area contributed by atoms with Crippen LogP contribution in [0.5, 0.6) is 0 Å². The fourth-order valence-electron chi connectivity index (χ4n) is 2.40. The highest BCUT2D eigenvalue weighted by molar-refractivity contribution is 5.97. The number of amides is 1. The molecule has 0 saturated heterocycles. The Morgan fingerprint density at radius 2 is 1.83 bits per heavy atom. The van der Waals surface area contributed by atoms with Crippen molar-refractivity contribution in [1.29, 1.82) is 0 Å². The van der Waals surface area contributed by atoms with Crippen molar-refractivity contribution < 1.29 is 9.18 Å². The third kappa shape index (κ3) is 2.78. The molecule has 0 aliphatic carbocycles. The molecule has 116 valence electrons. The van der Waals surface area contributed by atoms with Crippen molar-refractivity contribution in [2.75, 3.05) is 5.43 Å². The standard InChI is InChI=1S/C17H14FN3O2/c1-21-10-13(16(22)12-8-5-9-14(18)15(12)21)17(23)20-19-11-6-3-2-4-7-11/h2-10,19H,1H3,(H,20,23). The normalized spacial score (nSPS) is 10.5. The van der Waals surface area contributed by atoms with Crippen LogP contribution >= 0.6 is 0 Å². The van der Waals surface area contributed by atoms with Crippen LogP contribution in [-0.2, 0) is 7.05 Å². The quantitative estimate of drug-likeness (QED) is 0.730. The monoisotopic (exact) mass is 311 g/mol. The number of benzene rings is 2. The largest absolute Gasteiger partial charge is 0.347 e. The highest BCUT2D eigenvalue weighted by atomic mass is 19.1. The summed E-state index contributed by atoms with van der Waals surface area (Å²) in [6.45, 7) is 0. The van der Waals surface area contributed by atoms with Gasteiger partial charge in [-0.3, -0.25) is 20.4 Å². The molecule has 0 aliphatic rings. The second-order valence-electron chi connectivity index (χ2n) is 5.06. The zero-order valence-corrected chi connectivity index (χ0v) is 12.3. The summed E-state index contributed by atoms with van der Waals surface area (Å²) >= 11 is 0. The van der Waals surface area contributed by atoms with Crippen LogP contribution in [0, 0.1) is 5.82 Å². The van der Waals surface area contributed by atoms with E-state index in [1.807, 2.05) is 18.2 Å². The fraction of sp³-hybridized carbons (Fsp3) is 0.0588. The van der Waals surface area contributed by atoms with E-state index in [0.29, 0.717) is 5.69 Å². The number of anilines is 1. The van der Waals surface area contributed by atoms with Gasteiger partial charge in [0.1, 0.15) is 11.4 Å². The summed E-state index contributed by atoms with van der Waals surface area (Å²) in [4.78, 5) is 24.7. The van der Waals surface area contributed by atoms with E-state index >= 15 is 0 Å². The van der Waals surface area contributed by atoms with Gasteiger partial charge in [-0.15, -0.1) is 0 Å². The van der Waals surface area contributed by atoms with Crippen molar-refractivity contribution in [3.63, 3.8) is 0 Å². The van der Waals surface area contributed by atoms with Crippen molar-refractivity contribution >= 4 is 22.5 Å². The number of hydrogen-bond acceptors (Lipinski definition) is 3. The van der Waals surface area contributed by atoms with Crippen molar-refractivity contribution in [2.45, 2.75) is 0 Å². The maximum atomic E-state index is 13.9. The zero-order chi connectivity index (χ0) is 16.4. The average Bonchev–Trinajstić information content (AvgIpc) is 2.56. The lowest BCUT2D eigenvalue weighted by Crippen LogP contribution is -2.33. The first kappa shape index (κ1) is 14.8. The summed E-state index contributed by atoms with van der Waals surface area (Å²) < 4.78 is 15.3. The first-order valence-corrected chi connectivity index (χ1v) is 6.97. The molecule has 3 aromatic rings. The van der Waals surface area contributed by atoms with E-state index in [1.165, 1.54) is 29.0 Å². The molecule has 6 heteroatoms. The van der Waals surface area contributed by atoms with Crippen LogP contribution < -0.4 is 16.3 Å². The molecule has 0 atom stereocenters. The van der Waals surface area contributed by atoms with Gasteiger partial charge in [-0.25, -0.2) is 4.39 Å². The Balaban J connectivity index is 1.95. The Morgan fingerprint density at radius 1 is 1.09 bits per heavy atom. The van der Waals surface area contributed by atoms with Gasteiger partial charge in [0.05, 0.1) is 11.2 Å². The number of carbonyl (C=O) groups excluding carboxylic acids is 1. The fourth-order valence-corrected chi connectivity index (χ4v) is 2.40. The molecule has 23 heavy (non-hydrogen) atoms. The van der Waals surface area contributed by atoms with Gasteiger partial charge in [0, 0.05) is 18.6 Å². The lowest BCUT2D eigenvalue weighted by atomic mass is 10.1. The van der Waals surface area contributed by atoms with Gasteiger partial charge in [-0.1, -0.05) is 24.3 Å². The maximum absolute atomic E-state index is 13.9. The molecule has 0 radical (unpaired) electrons. The molecule has 5 nitrogen and oxygen atoms in total. The Bertz CT molecular complexity index is 936. The van der Waals surface area contributed by atoms with Gasteiger partial charge in [-0.05, 0) is 24.3 Å². The maximum Gasteiger partial charge on any atom is 0.275 e. The smallest absolute Gasteiger partial charge is 0.275 e. The van der Waals surface area contributed by atoms with Crippen LogP contribution in [0.25, 0.3) is 10.9 Å². The number of aryl methyl sites for hydroxylation is 1. The molecule has 3 rings (SSSR count). The zero-order valence-electron chi connectivity index (χ0n) is 12.3. The number of aromatic nitrogens is 1. The Labute approximate surface area is 131 Å². The molecule has 1 amide bonds. The van der Waals surface area contributed by atoms with Crippen molar-refractivity contribution in [2.24, 2.45) is 7.05 Å². The molecule has 1 aromatic heterocycles. The van der Waals surface area contributed by atoms with Crippen LogP contribution in [0.2, 0.25) is 0 Å². The number of nitrogens with zero attached hydrogens (tertiary/aromatic N) is 1. The van der Waals surface area contributed by atoms with Crippen molar-refractivity contribution in [1.82, 2.24) is 9.99 Å². The summed E-state index contributed by atoms with van der Waals surface area (Å²) in [5, 5.41) is 0.167. The second-order valence-corrected chi connectivity index (χ2v) is 5.06. The number of hydrazine groups is 1. The molecular formula is C17H14FN3O2. The number of rotatable bonds is 3. The Morgan fingerprint density at radius 3 is 2.57 bits per heavy atom. The first-order chi connectivity index (χ1) is 11.1. The number of carbonyl (C=O) groups is 1. The van der Waals surface area contributed by atoms with Crippen LogP contribution in [0.4, 0.5) is 10.1 Å². The number of halogens is 1. The molecular weight excluding hydrogens is 297 g/mol. The van der Waals surface area contributed by atoms with Crippen LogP contribution in [0.15, 0.2) is 59.5 Å². The van der Waals surface area contributed by atoms with Gasteiger partial charge < -0.3 is 4.57 Å². The second kappa shape index (κ2) is 5.92. The molecule has 2 N–H and O–H groups in total. The first-order valence-electron chi connectivity index (χ1n) is 6.97. The van der Waals surface area contributed by atoms with Crippen molar-refractivity contribution in [3.05, 3.63) is 76.3 Å². The minimum Gasteiger partial charge on any atom is -0.347 e. The minimum atomic E-state index is -0.583. The summed E-state index contributed by atoms with van der Waals surface area (Å²) in [7, 11) is 1.59. The van der Waals surface area contributed by atoms with Crippen LogP contribution in [0.1, 0.15) is 10.4 Å². The highest BCUT2D eigenvalue weighted by Gasteiger charge is 2.16. The summed E-state index contributed by atoms with van der Waals surface area (Å²) in [5.74, 6) is -1.09. The third-order valence-electron chi connectivity index (χ3n) is 3.49. The van der Waals surface area contributed by atoms with E-state index < -0.39 is 17.2 Å². The van der Waals surface area contributed by atoms with E-state index in [4.69, 9.17) is 0 Å². The molecule has 0 bridgehead atoms. The number of fused-ring (bicyclic) bond motifs is 1. The van der Waals surface area contributed by atoms with E-state index in [-0.39, 0.29) is 16.5 Å². The van der Waals surface area contributed by atoms with Gasteiger partial charge >= 0.3 is 0 Å². The summed E-state index contributed by atoms with van der Waals surface area (Å²) in [6.07, 6.45) is 1.33. The molecule has 0 spiro atoms. The predicted octanol–water partition coefficient (Wildman–Crippen LogP) is 2.43.